The van der Waals surface area contributed by atoms with Gasteiger partial charge < -0.3 is 11.1 Å². The molecule has 7 nitrogen and oxygen atoms in total. The van der Waals surface area contributed by atoms with Crippen LogP contribution in [0.1, 0.15) is 27.6 Å². The van der Waals surface area contributed by atoms with E-state index in [1.54, 1.807) is 11.3 Å². The van der Waals surface area contributed by atoms with Gasteiger partial charge in [0.1, 0.15) is 0 Å². The van der Waals surface area contributed by atoms with Crippen LogP contribution in [0.3, 0.4) is 0 Å². The molecular formula is C10H14N6OS. The number of thiazole rings is 1. The highest BCUT2D eigenvalue weighted by molar-refractivity contribution is 7.09. The van der Waals surface area contributed by atoms with E-state index >= 15 is 0 Å². The Morgan fingerprint density at radius 1 is 1.56 bits per heavy atom. The van der Waals surface area contributed by atoms with Crippen molar-refractivity contribution >= 4 is 23.1 Å². The summed E-state index contributed by atoms with van der Waals surface area (Å²) in [6.07, 6.45) is 1.68. The second kappa shape index (κ2) is 5.58. The summed E-state index contributed by atoms with van der Waals surface area (Å²) in [6.45, 7) is 2.53. The number of carbonyl (C=O) groups excluding carboxylic acids is 1. The van der Waals surface area contributed by atoms with E-state index in [2.05, 4.69) is 25.7 Å². The molecule has 2 heterocycles. The fraction of sp³-hybridized carbons (Fsp3) is 0.400. The molecule has 0 aliphatic heterocycles. The summed E-state index contributed by atoms with van der Waals surface area (Å²) in [4.78, 5) is 16.0. The van der Waals surface area contributed by atoms with Gasteiger partial charge >= 0.3 is 0 Å². The number of nitrogens with zero attached hydrogens (tertiary/aromatic N) is 3. The molecule has 0 aromatic carbocycles. The Kier molecular flexibility index (Phi) is 3.88. The number of aryl methyl sites for hydroxylation is 2. The van der Waals surface area contributed by atoms with Gasteiger partial charge in [-0.2, -0.15) is 5.21 Å². The first-order valence-electron chi connectivity index (χ1n) is 5.52. The summed E-state index contributed by atoms with van der Waals surface area (Å²) in [6, 6.07) is 0. The molecule has 0 atom stereocenters. The third-order valence-electron chi connectivity index (χ3n) is 2.31. The Morgan fingerprint density at radius 2 is 2.39 bits per heavy atom. The SMILES string of the molecule is Cc1csc(CCCNC(=O)c2n[nH]nc2N)n1. The third-order valence-corrected chi connectivity index (χ3v) is 3.34. The van der Waals surface area contributed by atoms with Crippen molar-refractivity contribution in [3.63, 3.8) is 0 Å². The maximum absolute atomic E-state index is 11.6. The molecule has 0 saturated heterocycles. The minimum atomic E-state index is -0.309. The van der Waals surface area contributed by atoms with E-state index in [0.29, 0.717) is 6.54 Å². The largest absolute Gasteiger partial charge is 0.380 e. The Morgan fingerprint density at radius 3 is 3.00 bits per heavy atom. The Labute approximate surface area is 108 Å². The highest BCUT2D eigenvalue weighted by atomic mass is 32.1. The molecule has 1 amide bonds. The number of aromatic amines is 1. The first kappa shape index (κ1) is 12.5. The van der Waals surface area contributed by atoms with Crippen LogP contribution < -0.4 is 11.1 Å². The van der Waals surface area contributed by atoms with Gasteiger partial charge in [-0.1, -0.05) is 0 Å². The number of anilines is 1. The van der Waals surface area contributed by atoms with Gasteiger partial charge in [-0.3, -0.25) is 4.79 Å². The number of amides is 1. The summed E-state index contributed by atoms with van der Waals surface area (Å²) in [5, 5.41) is 15.4. The lowest BCUT2D eigenvalue weighted by molar-refractivity contribution is 0.0949. The number of rotatable bonds is 5. The number of H-pyrrole nitrogens is 1. The van der Waals surface area contributed by atoms with Gasteiger partial charge in [-0.05, 0) is 13.3 Å². The van der Waals surface area contributed by atoms with Crippen molar-refractivity contribution in [3.8, 4) is 0 Å². The standard InChI is InChI=1S/C10H14N6OS/c1-6-5-18-7(13-6)3-2-4-12-10(17)8-9(11)15-16-14-8/h5H,2-4H2,1H3,(H,12,17)(H3,11,14,15,16). The number of nitrogen functional groups attached to an aromatic ring is 1. The van der Waals surface area contributed by atoms with Crippen LogP contribution >= 0.6 is 11.3 Å². The maximum atomic E-state index is 11.6. The van der Waals surface area contributed by atoms with E-state index in [1.807, 2.05) is 12.3 Å². The molecule has 4 N–H and O–H groups in total. The molecule has 0 radical (unpaired) electrons. The Balaban J connectivity index is 1.73. The zero-order chi connectivity index (χ0) is 13.0. The minimum Gasteiger partial charge on any atom is -0.380 e. The number of carbonyl (C=O) groups is 1. The molecule has 18 heavy (non-hydrogen) atoms. The Bertz CT molecular complexity index is 534. The van der Waals surface area contributed by atoms with E-state index in [-0.39, 0.29) is 17.4 Å². The van der Waals surface area contributed by atoms with Crippen LogP contribution in [0.4, 0.5) is 5.82 Å². The van der Waals surface area contributed by atoms with Gasteiger partial charge in [0.15, 0.2) is 11.5 Å². The fourth-order valence-corrected chi connectivity index (χ4v) is 2.27. The molecule has 0 fully saturated rings. The second-order valence-corrected chi connectivity index (χ2v) is 4.74. The highest BCUT2D eigenvalue weighted by Gasteiger charge is 2.12. The van der Waals surface area contributed by atoms with Crippen molar-refractivity contribution in [2.75, 3.05) is 12.3 Å². The van der Waals surface area contributed by atoms with E-state index in [1.165, 1.54) is 0 Å². The van der Waals surface area contributed by atoms with Crippen LogP contribution in [0, 0.1) is 6.92 Å². The molecule has 2 rings (SSSR count). The normalized spacial score (nSPS) is 10.5. The van der Waals surface area contributed by atoms with Crippen molar-refractivity contribution in [3.05, 3.63) is 21.8 Å². The van der Waals surface area contributed by atoms with Crippen molar-refractivity contribution in [1.29, 1.82) is 0 Å². The molecule has 0 unspecified atom stereocenters. The van der Waals surface area contributed by atoms with E-state index in [9.17, 15) is 4.79 Å². The summed E-state index contributed by atoms with van der Waals surface area (Å²) < 4.78 is 0. The topological polar surface area (TPSA) is 110 Å². The summed E-state index contributed by atoms with van der Waals surface area (Å²) >= 11 is 1.64. The van der Waals surface area contributed by atoms with Gasteiger partial charge in [-0.15, -0.1) is 21.5 Å². The molecule has 0 bridgehead atoms. The lowest BCUT2D eigenvalue weighted by Gasteiger charge is -2.01. The molecular weight excluding hydrogens is 252 g/mol. The molecule has 0 aliphatic rings. The number of hydrogen-bond acceptors (Lipinski definition) is 6. The minimum absolute atomic E-state index is 0.114. The summed E-state index contributed by atoms with van der Waals surface area (Å²) in [5.41, 5.74) is 6.64. The molecule has 0 aliphatic carbocycles. The predicted molar refractivity (Wildman–Crippen MR) is 68.3 cm³/mol. The van der Waals surface area contributed by atoms with E-state index in [4.69, 9.17) is 5.73 Å². The number of nitrogens with two attached hydrogens (primary N) is 1. The fourth-order valence-electron chi connectivity index (χ4n) is 1.45. The number of hydrogen-bond donors (Lipinski definition) is 3. The van der Waals surface area contributed by atoms with E-state index < -0.39 is 0 Å². The lowest BCUT2D eigenvalue weighted by atomic mass is 10.3. The maximum Gasteiger partial charge on any atom is 0.275 e. The first-order chi connectivity index (χ1) is 8.66. The van der Waals surface area contributed by atoms with Gasteiger partial charge in [0.05, 0.1) is 5.01 Å². The molecule has 96 valence electrons. The average molecular weight is 266 g/mol. The molecule has 0 saturated carbocycles. The van der Waals surface area contributed by atoms with Crippen LogP contribution in [-0.4, -0.2) is 32.8 Å². The van der Waals surface area contributed by atoms with Crippen LogP contribution in [-0.2, 0) is 6.42 Å². The predicted octanol–water partition coefficient (Wildman–Crippen LogP) is 0.514. The monoisotopic (exact) mass is 266 g/mol. The van der Waals surface area contributed by atoms with Crippen molar-refractivity contribution in [2.45, 2.75) is 19.8 Å². The van der Waals surface area contributed by atoms with Gasteiger partial charge in [0.2, 0.25) is 0 Å². The van der Waals surface area contributed by atoms with Gasteiger partial charge in [-0.25, -0.2) is 4.98 Å². The van der Waals surface area contributed by atoms with Gasteiger partial charge in [0, 0.05) is 24.0 Å². The lowest BCUT2D eigenvalue weighted by Crippen LogP contribution is -2.26. The van der Waals surface area contributed by atoms with Crippen LogP contribution in [0.25, 0.3) is 0 Å². The summed E-state index contributed by atoms with van der Waals surface area (Å²) in [5.74, 6) is -0.195. The van der Waals surface area contributed by atoms with Crippen LogP contribution in [0.5, 0.6) is 0 Å². The van der Waals surface area contributed by atoms with Crippen molar-refractivity contribution < 1.29 is 4.79 Å². The van der Waals surface area contributed by atoms with Gasteiger partial charge in [0.25, 0.3) is 5.91 Å². The van der Waals surface area contributed by atoms with Crippen LogP contribution in [0.2, 0.25) is 0 Å². The average Bonchev–Trinajstić information content (AvgIpc) is 2.93. The summed E-state index contributed by atoms with van der Waals surface area (Å²) in [7, 11) is 0. The molecule has 2 aromatic heterocycles. The zero-order valence-electron chi connectivity index (χ0n) is 9.93. The zero-order valence-corrected chi connectivity index (χ0v) is 10.8. The second-order valence-electron chi connectivity index (χ2n) is 3.80. The smallest absolute Gasteiger partial charge is 0.275 e. The molecule has 0 spiro atoms. The molecule has 2 aromatic rings. The number of aromatic nitrogens is 4. The third kappa shape index (κ3) is 3.04. The molecule has 8 heteroatoms. The van der Waals surface area contributed by atoms with Crippen molar-refractivity contribution in [1.82, 2.24) is 25.7 Å². The first-order valence-corrected chi connectivity index (χ1v) is 6.40. The highest BCUT2D eigenvalue weighted by Crippen LogP contribution is 2.10. The Hall–Kier alpha value is -1.96. The quantitative estimate of drug-likeness (QED) is 0.683. The van der Waals surface area contributed by atoms with E-state index in [0.717, 1.165) is 23.5 Å². The van der Waals surface area contributed by atoms with Crippen LogP contribution in [0.15, 0.2) is 5.38 Å². The van der Waals surface area contributed by atoms with Crippen molar-refractivity contribution in [2.24, 2.45) is 0 Å². The number of nitrogens with one attached hydrogen (secondary N) is 2.